The van der Waals surface area contributed by atoms with Crippen LogP contribution in [0.1, 0.15) is 51.5 Å². The average molecular weight is 496 g/mol. The van der Waals surface area contributed by atoms with Crippen LogP contribution in [-0.4, -0.2) is 53.1 Å². The third-order valence-corrected chi connectivity index (χ3v) is 9.12. The summed E-state index contributed by atoms with van der Waals surface area (Å²) >= 11 is 5.82. The highest BCUT2D eigenvalue weighted by Gasteiger charge is 2.51. The van der Waals surface area contributed by atoms with Crippen LogP contribution in [0.5, 0.6) is 0 Å². The van der Waals surface area contributed by atoms with Crippen LogP contribution in [0, 0.1) is 18.7 Å². The Morgan fingerprint density at radius 3 is 2.67 bits per heavy atom. The number of amides is 1. The number of fused-ring (bicyclic) bond motifs is 3. The Kier molecular flexibility index (Phi) is 5.02. The minimum atomic E-state index is -3.16. The van der Waals surface area contributed by atoms with Gasteiger partial charge >= 0.3 is 0 Å². The maximum absolute atomic E-state index is 13.5. The number of Topliss-reactive ketones (excluding diaryl/α,β-unsaturated/α-hetero) is 1. The Morgan fingerprint density at radius 1 is 1.33 bits per heavy atom. The van der Waals surface area contributed by atoms with Gasteiger partial charge in [-0.2, -0.15) is 0 Å². The van der Waals surface area contributed by atoms with Crippen molar-refractivity contribution in [2.45, 2.75) is 44.5 Å². The van der Waals surface area contributed by atoms with E-state index in [2.05, 4.69) is 10.6 Å². The van der Waals surface area contributed by atoms with Crippen molar-refractivity contribution in [3.8, 4) is 0 Å². The molecule has 3 atom stereocenters. The Labute approximate surface area is 195 Å². The van der Waals surface area contributed by atoms with E-state index in [0.717, 1.165) is 12.5 Å². The van der Waals surface area contributed by atoms with Crippen molar-refractivity contribution >= 4 is 38.8 Å². The number of aromatic nitrogens is 1. The second-order valence-corrected chi connectivity index (χ2v) is 12.0. The standard InChI is InChI=1S/C22H23ClFN3O5S/c1-10-17(19(28)21(30)26-22(2)8-33(31,32)9-22)16-6-11-5-15(11)27(16)18(10)20(29)25-12-3-4-14(24)13(23)7-12/h3-4,7,11,15,21,26,30H,5-6,8-9H2,1-2H3,(H,25,29)/t11-,15-,21?/m1/s1. The van der Waals surface area contributed by atoms with Gasteiger partial charge < -0.3 is 15.0 Å². The fourth-order valence-corrected chi connectivity index (χ4v) is 7.47. The van der Waals surface area contributed by atoms with Gasteiger partial charge in [0.05, 0.1) is 16.5 Å². The summed E-state index contributed by atoms with van der Waals surface area (Å²) in [5.74, 6) is -1.62. The third-order valence-electron chi connectivity index (χ3n) is 6.67. The van der Waals surface area contributed by atoms with E-state index in [4.69, 9.17) is 11.6 Å². The fraction of sp³-hybridized carbons (Fsp3) is 0.455. The van der Waals surface area contributed by atoms with E-state index in [1.807, 2.05) is 4.57 Å². The number of sulfone groups is 1. The number of ketones is 1. The van der Waals surface area contributed by atoms with Gasteiger partial charge in [0.1, 0.15) is 11.5 Å². The number of carbonyl (C=O) groups is 2. The SMILES string of the molecule is Cc1c(C(=O)C(O)NC2(C)CS(=O)(=O)C2)c2n(c1C(=O)Nc1ccc(F)c(Cl)c1)[C@@H]1C[C@@H]1C2. The van der Waals surface area contributed by atoms with Crippen LogP contribution in [0.25, 0.3) is 0 Å². The van der Waals surface area contributed by atoms with Gasteiger partial charge in [-0.1, -0.05) is 11.6 Å². The quantitative estimate of drug-likeness (QED) is 0.418. The zero-order valence-corrected chi connectivity index (χ0v) is 19.6. The smallest absolute Gasteiger partial charge is 0.272 e. The van der Waals surface area contributed by atoms with Gasteiger partial charge in [0.2, 0.25) is 5.78 Å². The van der Waals surface area contributed by atoms with Crippen LogP contribution < -0.4 is 10.6 Å². The van der Waals surface area contributed by atoms with Gasteiger partial charge in [0, 0.05) is 28.5 Å². The molecule has 1 amide bonds. The largest absolute Gasteiger partial charge is 0.371 e. The van der Waals surface area contributed by atoms with E-state index in [9.17, 15) is 27.5 Å². The van der Waals surface area contributed by atoms with Crippen molar-refractivity contribution in [1.29, 1.82) is 0 Å². The van der Waals surface area contributed by atoms with Crippen molar-refractivity contribution in [2.24, 2.45) is 5.92 Å². The molecule has 3 aliphatic rings. The Balaban J connectivity index is 1.44. The van der Waals surface area contributed by atoms with Crippen LogP contribution in [-0.2, 0) is 16.3 Å². The molecule has 0 radical (unpaired) electrons. The first-order chi connectivity index (χ1) is 15.4. The number of aliphatic hydroxyl groups is 1. The maximum Gasteiger partial charge on any atom is 0.272 e. The second kappa shape index (κ2) is 7.36. The molecule has 8 nitrogen and oxygen atoms in total. The molecule has 1 aliphatic carbocycles. The number of nitrogens with one attached hydrogen (secondary N) is 2. The van der Waals surface area contributed by atoms with Gasteiger partial charge in [0.25, 0.3) is 5.91 Å². The lowest BCUT2D eigenvalue weighted by atomic mass is 9.99. The molecule has 3 heterocycles. The Morgan fingerprint density at radius 2 is 2.03 bits per heavy atom. The third kappa shape index (κ3) is 3.78. The van der Waals surface area contributed by atoms with Gasteiger partial charge in [-0.15, -0.1) is 0 Å². The first kappa shape index (κ1) is 22.5. The first-order valence-electron chi connectivity index (χ1n) is 10.6. The molecule has 2 aromatic rings. The monoisotopic (exact) mass is 495 g/mol. The molecular formula is C22H23ClFN3O5S. The minimum Gasteiger partial charge on any atom is -0.371 e. The molecule has 0 spiro atoms. The highest BCUT2D eigenvalue weighted by atomic mass is 35.5. The number of benzene rings is 1. The van der Waals surface area contributed by atoms with Crippen LogP contribution in [0.3, 0.4) is 0 Å². The predicted molar refractivity (Wildman–Crippen MR) is 120 cm³/mol. The first-order valence-corrected chi connectivity index (χ1v) is 12.8. The number of anilines is 1. The molecule has 1 saturated heterocycles. The lowest BCUT2D eigenvalue weighted by Gasteiger charge is -2.39. The zero-order valence-electron chi connectivity index (χ0n) is 18.0. The molecule has 0 bridgehead atoms. The van der Waals surface area contributed by atoms with Gasteiger partial charge in [-0.25, -0.2) is 12.8 Å². The summed E-state index contributed by atoms with van der Waals surface area (Å²) in [5.41, 5.74) is 1.19. The van der Waals surface area contributed by atoms with Crippen LogP contribution in [0.4, 0.5) is 10.1 Å². The summed E-state index contributed by atoms with van der Waals surface area (Å²) < 4.78 is 38.5. The maximum atomic E-state index is 13.5. The van der Waals surface area contributed by atoms with E-state index in [1.165, 1.54) is 12.1 Å². The summed E-state index contributed by atoms with van der Waals surface area (Å²) in [4.78, 5) is 26.4. The lowest BCUT2D eigenvalue weighted by Crippen LogP contribution is -2.65. The van der Waals surface area contributed by atoms with Crippen LogP contribution >= 0.6 is 11.6 Å². The molecule has 1 aromatic carbocycles. The van der Waals surface area contributed by atoms with Gasteiger partial charge in [-0.3, -0.25) is 14.9 Å². The summed E-state index contributed by atoms with van der Waals surface area (Å²) in [6.07, 6.45) is -0.0607. The van der Waals surface area contributed by atoms with Gasteiger partial charge in [0.15, 0.2) is 16.1 Å². The summed E-state index contributed by atoms with van der Waals surface area (Å²) in [6.45, 7) is 3.30. The summed E-state index contributed by atoms with van der Waals surface area (Å²) in [5, 5.41) is 15.9. The zero-order chi connectivity index (χ0) is 23.9. The number of nitrogens with zero attached hydrogens (tertiary/aromatic N) is 1. The molecule has 5 rings (SSSR count). The van der Waals surface area contributed by atoms with Crippen molar-refractivity contribution in [2.75, 3.05) is 16.8 Å². The van der Waals surface area contributed by atoms with Crippen molar-refractivity contribution < 1.29 is 27.5 Å². The number of rotatable bonds is 6. The van der Waals surface area contributed by atoms with Crippen LogP contribution in [0.15, 0.2) is 18.2 Å². The average Bonchev–Trinajstić information content (AvgIpc) is 3.26. The fourth-order valence-electron chi connectivity index (χ4n) is 5.27. The number of carbonyl (C=O) groups excluding carboxylic acids is 2. The molecular weight excluding hydrogens is 473 g/mol. The number of hydrogen-bond donors (Lipinski definition) is 3. The van der Waals surface area contributed by atoms with Crippen LogP contribution in [0.2, 0.25) is 5.02 Å². The van der Waals surface area contributed by atoms with E-state index in [-0.39, 0.29) is 28.1 Å². The van der Waals surface area contributed by atoms with E-state index in [0.29, 0.717) is 35.0 Å². The molecule has 11 heteroatoms. The molecule has 176 valence electrons. The molecule has 33 heavy (non-hydrogen) atoms. The molecule has 1 unspecified atom stereocenters. The molecule has 1 aromatic heterocycles. The van der Waals surface area contributed by atoms with E-state index in [1.54, 1.807) is 13.8 Å². The minimum absolute atomic E-state index is 0.122. The molecule has 1 saturated carbocycles. The highest BCUT2D eigenvalue weighted by Crippen LogP contribution is 2.54. The Hall–Kier alpha value is -2.27. The number of hydrogen-bond acceptors (Lipinski definition) is 6. The topological polar surface area (TPSA) is 118 Å². The highest BCUT2D eigenvalue weighted by molar-refractivity contribution is 7.93. The normalized spacial score (nSPS) is 24.4. The van der Waals surface area contributed by atoms with Crippen molar-refractivity contribution in [3.05, 3.63) is 51.6 Å². The summed E-state index contributed by atoms with van der Waals surface area (Å²) in [6, 6.07) is 3.99. The lowest BCUT2D eigenvalue weighted by molar-refractivity contribution is 0.0591. The molecule has 2 fully saturated rings. The molecule has 2 aliphatic heterocycles. The van der Waals surface area contributed by atoms with Crippen molar-refractivity contribution in [1.82, 2.24) is 9.88 Å². The second-order valence-electron chi connectivity index (χ2n) is 9.52. The predicted octanol–water partition coefficient (Wildman–Crippen LogP) is 2.24. The van der Waals surface area contributed by atoms with E-state index < -0.39 is 39.1 Å². The van der Waals surface area contributed by atoms with Crippen molar-refractivity contribution in [3.63, 3.8) is 0 Å². The number of halogens is 2. The van der Waals surface area contributed by atoms with E-state index >= 15 is 0 Å². The number of aliphatic hydroxyl groups excluding tert-OH is 1. The Bertz CT molecular complexity index is 1310. The van der Waals surface area contributed by atoms with Gasteiger partial charge in [-0.05, 0) is 56.4 Å². The molecule has 3 N–H and O–H groups in total. The summed E-state index contributed by atoms with van der Waals surface area (Å²) in [7, 11) is -3.16.